The standard InChI is InChI=1S/C49H83Cl2N13O10/c1-5-6-7-8-9-10-11-12-40(66)57-33(15-20-52)42(67)61-37-19-24-56-49(74)41(29(4)65)64-46(71)36(18-23-55)59-43(68)34(16-21-53)60-47(72)38(25-28(2)3)62-48(73)39(27-30-13-14-31(50)32(51)26-30)63-44(69)35(17-22-54)58-45(37)70/h13-14,26,28-29,33-39,41,65H,5-12,15-25,27,52-55H2,1-4H3,(H,56,74)(H,57,66)(H,58,70)(H,59,68)(H,60,72)(H,61,67)(H,62,73)(H,63,69)(H,64,71)/t29-,33-,34+,35+,36+,37+,38+,39-,41+/m1/s1. The van der Waals surface area contributed by atoms with Gasteiger partial charge in [-0.2, -0.15) is 0 Å². The molecule has 1 aromatic rings. The fourth-order valence-electron chi connectivity index (χ4n) is 8.08. The third kappa shape index (κ3) is 23.6. The van der Waals surface area contributed by atoms with Crippen molar-refractivity contribution in [3.63, 3.8) is 0 Å². The van der Waals surface area contributed by atoms with Crippen LogP contribution in [-0.4, -0.2) is 145 Å². The maximum atomic E-state index is 14.4. The number of nitrogens with two attached hydrogens (primary N) is 4. The highest BCUT2D eigenvalue weighted by Gasteiger charge is 2.36. The molecular weight excluding hydrogens is 1000 g/mol. The van der Waals surface area contributed by atoms with Gasteiger partial charge in [-0.3, -0.25) is 43.2 Å². The van der Waals surface area contributed by atoms with Gasteiger partial charge >= 0.3 is 0 Å². The summed E-state index contributed by atoms with van der Waals surface area (Å²) in [6.07, 6.45) is 4.54. The molecule has 1 aliphatic rings. The molecule has 1 aromatic carbocycles. The van der Waals surface area contributed by atoms with Crippen molar-refractivity contribution >= 4 is 76.4 Å². The van der Waals surface area contributed by atoms with Crippen LogP contribution in [0.2, 0.25) is 10.0 Å². The zero-order valence-corrected chi connectivity index (χ0v) is 44.8. The Kier molecular flexibility index (Phi) is 30.9. The van der Waals surface area contributed by atoms with Gasteiger partial charge in [-0.15, -0.1) is 0 Å². The van der Waals surface area contributed by atoms with Crippen molar-refractivity contribution in [2.24, 2.45) is 28.9 Å². The molecule has 0 radical (unpaired) electrons. The fourth-order valence-corrected chi connectivity index (χ4v) is 8.40. The van der Waals surface area contributed by atoms with Crippen molar-refractivity contribution in [1.29, 1.82) is 0 Å². The van der Waals surface area contributed by atoms with Crippen LogP contribution in [0.3, 0.4) is 0 Å². The quantitative estimate of drug-likeness (QED) is 0.0547. The summed E-state index contributed by atoms with van der Waals surface area (Å²) in [5.74, 6) is -7.50. The van der Waals surface area contributed by atoms with E-state index in [2.05, 4.69) is 54.8 Å². The molecule has 2 rings (SSSR count). The third-order valence-electron chi connectivity index (χ3n) is 12.2. The van der Waals surface area contributed by atoms with Crippen molar-refractivity contribution in [2.75, 3.05) is 32.7 Å². The van der Waals surface area contributed by atoms with E-state index < -0.39 is 108 Å². The van der Waals surface area contributed by atoms with E-state index >= 15 is 0 Å². The SMILES string of the molecule is CCCCCCCCCC(=O)N[C@H](CCN)C(=O)N[C@H]1CCNC(=O)[C@H]([C@@H](C)O)NC(=O)[C@H](CCN)NC(=O)[C@H](CCN)NC(=O)[C@H](CC(C)C)NC(=O)[C@@H](Cc2ccc(Cl)c(Cl)c2)NC(=O)[C@H](CCN)NC1=O. The van der Waals surface area contributed by atoms with Crippen molar-refractivity contribution < 1.29 is 48.3 Å². The lowest BCUT2D eigenvalue weighted by atomic mass is 10.00. The van der Waals surface area contributed by atoms with E-state index in [1.54, 1.807) is 19.9 Å². The number of carbonyl (C=O) groups is 9. The summed E-state index contributed by atoms with van der Waals surface area (Å²) in [5.41, 5.74) is 23.9. The molecule has 1 heterocycles. The van der Waals surface area contributed by atoms with E-state index in [9.17, 15) is 48.3 Å². The van der Waals surface area contributed by atoms with Crippen LogP contribution in [0, 0.1) is 5.92 Å². The molecule has 23 nitrogen and oxygen atoms in total. The van der Waals surface area contributed by atoms with E-state index in [1.165, 1.54) is 19.1 Å². The summed E-state index contributed by atoms with van der Waals surface area (Å²) >= 11 is 12.5. The van der Waals surface area contributed by atoms with Crippen LogP contribution in [0.15, 0.2) is 18.2 Å². The van der Waals surface area contributed by atoms with Gasteiger partial charge < -0.3 is 75.9 Å². The van der Waals surface area contributed by atoms with Gasteiger partial charge in [-0.05, 0) is 102 Å². The minimum Gasteiger partial charge on any atom is -0.391 e. The highest BCUT2D eigenvalue weighted by molar-refractivity contribution is 6.42. The Hall–Kier alpha value is -5.17. The smallest absolute Gasteiger partial charge is 0.245 e. The predicted octanol–water partition coefficient (Wildman–Crippen LogP) is -1.10. The average Bonchev–Trinajstić information content (AvgIpc) is 3.34. The monoisotopic (exact) mass is 1080 g/mol. The van der Waals surface area contributed by atoms with Gasteiger partial charge in [0.1, 0.15) is 48.3 Å². The van der Waals surface area contributed by atoms with Gasteiger partial charge in [0, 0.05) is 19.4 Å². The predicted molar refractivity (Wildman–Crippen MR) is 282 cm³/mol. The molecule has 1 fully saturated rings. The maximum Gasteiger partial charge on any atom is 0.245 e. The average molecular weight is 1090 g/mol. The van der Waals surface area contributed by atoms with Crippen LogP contribution in [0.4, 0.5) is 0 Å². The minimum absolute atomic E-state index is 0.00507. The second-order valence-electron chi connectivity index (χ2n) is 19.1. The Morgan fingerprint density at radius 1 is 0.649 bits per heavy atom. The van der Waals surface area contributed by atoms with E-state index in [4.69, 9.17) is 46.1 Å². The van der Waals surface area contributed by atoms with E-state index in [0.29, 0.717) is 12.0 Å². The molecular formula is C49H83Cl2N13O10. The summed E-state index contributed by atoms with van der Waals surface area (Å²) in [6, 6.07) is -6.60. The second-order valence-corrected chi connectivity index (χ2v) is 19.9. The highest BCUT2D eigenvalue weighted by Crippen LogP contribution is 2.23. The summed E-state index contributed by atoms with van der Waals surface area (Å²) in [7, 11) is 0. The maximum absolute atomic E-state index is 14.4. The van der Waals surface area contributed by atoms with Crippen LogP contribution in [-0.2, 0) is 49.6 Å². The first-order valence-electron chi connectivity index (χ1n) is 25.8. The first-order valence-corrected chi connectivity index (χ1v) is 26.6. The number of carbonyl (C=O) groups excluding carboxylic acids is 9. The lowest BCUT2D eigenvalue weighted by Gasteiger charge is -2.28. The zero-order valence-electron chi connectivity index (χ0n) is 43.3. The Bertz CT molecular complexity index is 2000. The first-order chi connectivity index (χ1) is 35.2. The van der Waals surface area contributed by atoms with Crippen molar-refractivity contribution in [2.45, 2.75) is 178 Å². The van der Waals surface area contributed by atoms with Gasteiger partial charge in [0.25, 0.3) is 0 Å². The van der Waals surface area contributed by atoms with Gasteiger partial charge in [0.05, 0.1) is 16.1 Å². The molecule has 9 atom stereocenters. The Balaban J connectivity index is 2.69. The fraction of sp³-hybridized carbons (Fsp3) is 0.694. The number of rotatable bonds is 24. The number of halogens is 2. The van der Waals surface area contributed by atoms with Crippen molar-refractivity contribution in [3.8, 4) is 0 Å². The van der Waals surface area contributed by atoms with Gasteiger partial charge in [-0.25, -0.2) is 0 Å². The van der Waals surface area contributed by atoms with Crippen LogP contribution in [0.25, 0.3) is 0 Å². The Labute approximate surface area is 444 Å². The minimum atomic E-state index is -1.61. The topological polar surface area (TPSA) is 386 Å². The van der Waals surface area contributed by atoms with Crippen molar-refractivity contribution in [1.82, 2.24) is 47.9 Å². The molecule has 25 heteroatoms. The molecule has 0 unspecified atom stereocenters. The summed E-state index contributed by atoms with van der Waals surface area (Å²) < 4.78 is 0. The van der Waals surface area contributed by atoms with Gasteiger partial charge in [0.2, 0.25) is 53.2 Å². The lowest BCUT2D eigenvalue weighted by molar-refractivity contribution is -0.136. The molecule has 74 heavy (non-hydrogen) atoms. The largest absolute Gasteiger partial charge is 0.391 e. The number of hydrogen-bond donors (Lipinski definition) is 14. The molecule has 418 valence electrons. The number of amides is 9. The number of aliphatic hydroxyl groups is 1. The number of benzene rings is 1. The summed E-state index contributed by atoms with van der Waals surface area (Å²) in [5, 5.41) is 34.5. The van der Waals surface area contributed by atoms with Gasteiger partial charge in [-0.1, -0.05) is 88.6 Å². The molecule has 0 aliphatic carbocycles. The number of unbranched alkanes of at least 4 members (excludes halogenated alkanes) is 6. The van der Waals surface area contributed by atoms with Crippen LogP contribution in [0.1, 0.15) is 123 Å². The number of nitrogens with one attached hydrogen (secondary N) is 9. The number of aliphatic hydroxyl groups excluding tert-OH is 1. The van der Waals surface area contributed by atoms with E-state index in [0.717, 1.165) is 38.5 Å². The first kappa shape index (κ1) is 64.9. The molecule has 18 N–H and O–H groups in total. The second kappa shape index (κ2) is 35.2. The third-order valence-corrected chi connectivity index (χ3v) is 12.9. The molecule has 0 bridgehead atoms. The van der Waals surface area contributed by atoms with Crippen LogP contribution >= 0.6 is 23.2 Å². The normalized spacial score (nSPS) is 23.0. The molecule has 0 spiro atoms. The van der Waals surface area contributed by atoms with Crippen molar-refractivity contribution in [3.05, 3.63) is 33.8 Å². The molecule has 0 aromatic heterocycles. The summed E-state index contributed by atoms with van der Waals surface area (Å²) in [4.78, 5) is 125. The molecule has 1 saturated heterocycles. The summed E-state index contributed by atoms with van der Waals surface area (Å²) in [6.45, 7) is 6.22. The van der Waals surface area contributed by atoms with E-state index in [-0.39, 0.29) is 100 Å². The Morgan fingerprint density at radius 3 is 1.68 bits per heavy atom. The highest BCUT2D eigenvalue weighted by atomic mass is 35.5. The van der Waals surface area contributed by atoms with Crippen LogP contribution < -0.4 is 70.8 Å². The van der Waals surface area contributed by atoms with E-state index in [1.807, 2.05) is 0 Å². The van der Waals surface area contributed by atoms with Crippen LogP contribution in [0.5, 0.6) is 0 Å². The van der Waals surface area contributed by atoms with Gasteiger partial charge in [0.15, 0.2) is 0 Å². The number of hydrogen-bond acceptors (Lipinski definition) is 14. The molecule has 0 saturated carbocycles. The molecule has 9 amide bonds. The molecule has 1 aliphatic heterocycles. The Morgan fingerprint density at radius 2 is 1.15 bits per heavy atom. The zero-order chi connectivity index (χ0) is 55.3. The lowest BCUT2D eigenvalue weighted by Crippen LogP contribution is -2.61.